The quantitative estimate of drug-likeness (QED) is 0.443. The van der Waals surface area contributed by atoms with Crippen molar-refractivity contribution in [2.24, 2.45) is 0 Å². The monoisotopic (exact) mass is 376 g/mol. The number of aromatic nitrogens is 4. The van der Waals surface area contributed by atoms with Crippen LogP contribution in [0.2, 0.25) is 0 Å². The number of aromatic amines is 1. The molecule has 0 spiro atoms. The molecule has 0 aliphatic carbocycles. The fraction of sp³-hybridized carbons (Fsp3) is 0.190. The molecule has 6 nitrogen and oxygen atoms in total. The summed E-state index contributed by atoms with van der Waals surface area (Å²) in [6, 6.07) is 12.8. The molecule has 2 heterocycles. The van der Waals surface area contributed by atoms with E-state index in [4.69, 9.17) is 11.5 Å². The van der Waals surface area contributed by atoms with Crippen molar-refractivity contribution in [3.63, 3.8) is 0 Å². The zero-order chi connectivity index (χ0) is 19.5. The van der Waals surface area contributed by atoms with Crippen molar-refractivity contribution in [2.45, 2.75) is 25.7 Å². The molecule has 0 unspecified atom stereocenters. The van der Waals surface area contributed by atoms with Gasteiger partial charge in [-0.2, -0.15) is 5.10 Å². The highest BCUT2D eigenvalue weighted by atomic mass is 19.1. The topological polar surface area (TPSA) is 106 Å². The van der Waals surface area contributed by atoms with Crippen molar-refractivity contribution in [3.8, 4) is 11.3 Å². The summed E-state index contributed by atoms with van der Waals surface area (Å²) in [7, 11) is 0. The summed E-state index contributed by atoms with van der Waals surface area (Å²) < 4.78 is 13.8. The molecule has 5 N–H and O–H groups in total. The number of nitrogens with one attached hydrogen (secondary N) is 1. The first-order valence-electron chi connectivity index (χ1n) is 9.20. The minimum atomic E-state index is -0.146. The predicted octanol–water partition coefficient (Wildman–Crippen LogP) is 3.89. The van der Waals surface area contributed by atoms with E-state index in [9.17, 15) is 4.39 Å². The average molecular weight is 376 g/mol. The average Bonchev–Trinajstić information content (AvgIpc) is 3.07. The number of hydrogen-bond donors (Lipinski definition) is 3. The van der Waals surface area contributed by atoms with Gasteiger partial charge in [-0.15, -0.1) is 0 Å². The molecule has 0 atom stereocenters. The predicted molar refractivity (Wildman–Crippen MR) is 109 cm³/mol. The van der Waals surface area contributed by atoms with Gasteiger partial charge in [0.25, 0.3) is 0 Å². The van der Waals surface area contributed by atoms with Crippen LogP contribution in [-0.2, 0) is 12.8 Å². The van der Waals surface area contributed by atoms with E-state index in [-0.39, 0.29) is 11.8 Å². The number of rotatable bonds is 6. The molecule has 0 radical (unpaired) electrons. The van der Waals surface area contributed by atoms with Crippen LogP contribution in [0.25, 0.3) is 22.2 Å². The summed E-state index contributed by atoms with van der Waals surface area (Å²) in [5.74, 6) is 0.563. The van der Waals surface area contributed by atoms with Gasteiger partial charge in [0.05, 0.1) is 11.2 Å². The number of hydrogen-bond acceptors (Lipinski definition) is 5. The first kappa shape index (κ1) is 17.9. The third-order valence-electron chi connectivity index (χ3n) is 4.84. The Hall–Kier alpha value is -3.48. The number of unbranched alkanes of at least 4 members (excludes halogenated alkanes) is 1. The lowest BCUT2D eigenvalue weighted by Gasteiger charge is -2.09. The molecule has 0 aliphatic heterocycles. The van der Waals surface area contributed by atoms with E-state index >= 15 is 0 Å². The number of benzene rings is 2. The summed E-state index contributed by atoms with van der Waals surface area (Å²) in [5, 5.41) is 8.05. The summed E-state index contributed by atoms with van der Waals surface area (Å²) in [6.07, 6.45) is 4.94. The molecule has 0 amide bonds. The van der Waals surface area contributed by atoms with Gasteiger partial charge in [0, 0.05) is 17.1 Å². The molecule has 7 heteroatoms. The van der Waals surface area contributed by atoms with E-state index in [0.717, 1.165) is 52.5 Å². The highest BCUT2D eigenvalue weighted by molar-refractivity contribution is 5.94. The molecule has 28 heavy (non-hydrogen) atoms. The molecule has 4 aromatic rings. The van der Waals surface area contributed by atoms with Gasteiger partial charge < -0.3 is 11.5 Å². The molecule has 0 saturated carbocycles. The second kappa shape index (κ2) is 7.64. The van der Waals surface area contributed by atoms with Gasteiger partial charge in [0.15, 0.2) is 5.82 Å². The van der Waals surface area contributed by atoms with E-state index in [1.807, 2.05) is 24.3 Å². The van der Waals surface area contributed by atoms with Crippen molar-refractivity contribution < 1.29 is 4.39 Å². The number of fused-ring (bicyclic) bond motifs is 1. The van der Waals surface area contributed by atoms with Crippen LogP contribution in [0.1, 0.15) is 24.0 Å². The lowest BCUT2D eigenvalue weighted by Crippen LogP contribution is -1.97. The van der Waals surface area contributed by atoms with Crippen molar-refractivity contribution in [1.29, 1.82) is 0 Å². The Morgan fingerprint density at radius 3 is 2.54 bits per heavy atom. The van der Waals surface area contributed by atoms with Crippen molar-refractivity contribution in [1.82, 2.24) is 20.2 Å². The third-order valence-corrected chi connectivity index (χ3v) is 4.84. The van der Waals surface area contributed by atoms with E-state index in [2.05, 4.69) is 26.2 Å². The fourth-order valence-corrected chi connectivity index (χ4v) is 3.48. The number of halogens is 1. The lowest BCUT2D eigenvalue weighted by atomic mass is 9.97. The van der Waals surface area contributed by atoms with Crippen LogP contribution >= 0.6 is 0 Å². The van der Waals surface area contributed by atoms with Crippen LogP contribution in [0.4, 0.5) is 16.2 Å². The Morgan fingerprint density at radius 2 is 1.75 bits per heavy atom. The van der Waals surface area contributed by atoms with Crippen LogP contribution < -0.4 is 11.5 Å². The standard InChI is InChI=1S/C21H21FN6/c22-16-8-4-3-6-13(16)5-1-2-7-14-11-15(17-9-10-25-21(24)26-17)12-18-19(14)20(23)28-27-18/h3-4,6,8-12H,1-2,5,7H2,(H3,23,27,28)(H2,24,25,26). The fourth-order valence-electron chi connectivity index (χ4n) is 3.48. The number of nitrogens with two attached hydrogens (primary N) is 2. The maximum absolute atomic E-state index is 13.8. The third kappa shape index (κ3) is 3.64. The van der Waals surface area contributed by atoms with E-state index in [0.29, 0.717) is 12.2 Å². The van der Waals surface area contributed by atoms with Gasteiger partial charge in [-0.25, -0.2) is 14.4 Å². The smallest absolute Gasteiger partial charge is 0.220 e. The maximum atomic E-state index is 13.8. The molecular formula is C21H21FN6. The summed E-state index contributed by atoms with van der Waals surface area (Å²) >= 11 is 0. The number of anilines is 2. The summed E-state index contributed by atoms with van der Waals surface area (Å²) in [6.45, 7) is 0. The first-order valence-corrected chi connectivity index (χ1v) is 9.20. The number of aryl methyl sites for hydroxylation is 2. The van der Waals surface area contributed by atoms with E-state index in [1.165, 1.54) is 6.07 Å². The number of H-pyrrole nitrogens is 1. The Morgan fingerprint density at radius 1 is 0.964 bits per heavy atom. The normalized spacial score (nSPS) is 11.2. The Balaban J connectivity index is 1.57. The molecule has 2 aromatic heterocycles. The second-order valence-corrected chi connectivity index (χ2v) is 6.77. The first-order chi connectivity index (χ1) is 13.6. The Kier molecular flexibility index (Phi) is 4.89. The summed E-state index contributed by atoms with van der Waals surface area (Å²) in [4.78, 5) is 8.25. The van der Waals surface area contributed by atoms with Crippen LogP contribution in [0.5, 0.6) is 0 Å². The van der Waals surface area contributed by atoms with Gasteiger partial charge in [0.1, 0.15) is 5.82 Å². The maximum Gasteiger partial charge on any atom is 0.220 e. The van der Waals surface area contributed by atoms with Crippen LogP contribution in [-0.4, -0.2) is 20.2 Å². The van der Waals surface area contributed by atoms with Gasteiger partial charge >= 0.3 is 0 Å². The van der Waals surface area contributed by atoms with Gasteiger partial charge in [-0.05, 0) is 61.1 Å². The molecule has 2 aromatic carbocycles. The van der Waals surface area contributed by atoms with Gasteiger partial charge in [-0.1, -0.05) is 18.2 Å². The Labute approximate surface area is 161 Å². The van der Waals surface area contributed by atoms with Crippen molar-refractivity contribution in [3.05, 3.63) is 65.6 Å². The molecule has 0 bridgehead atoms. The number of nitrogen functional groups attached to an aromatic ring is 2. The highest BCUT2D eigenvalue weighted by Crippen LogP contribution is 2.30. The zero-order valence-electron chi connectivity index (χ0n) is 15.3. The highest BCUT2D eigenvalue weighted by Gasteiger charge is 2.12. The molecule has 0 fully saturated rings. The largest absolute Gasteiger partial charge is 0.382 e. The minimum Gasteiger partial charge on any atom is -0.382 e. The second-order valence-electron chi connectivity index (χ2n) is 6.77. The van der Waals surface area contributed by atoms with Crippen molar-refractivity contribution >= 4 is 22.7 Å². The van der Waals surface area contributed by atoms with E-state index < -0.39 is 0 Å². The SMILES string of the molecule is Nc1nccc(-c2cc(CCCCc3ccccc3F)c3c(N)n[nH]c3c2)n1. The zero-order valence-corrected chi connectivity index (χ0v) is 15.3. The van der Waals surface area contributed by atoms with E-state index in [1.54, 1.807) is 12.3 Å². The van der Waals surface area contributed by atoms with Crippen LogP contribution in [0.15, 0.2) is 48.7 Å². The summed E-state index contributed by atoms with van der Waals surface area (Å²) in [5.41, 5.74) is 16.2. The Bertz CT molecular complexity index is 1120. The molecule has 142 valence electrons. The van der Waals surface area contributed by atoms with Crippen LogP contribution in [0, 0.1) is 5.82 Å². The van der Waals surface area contributed by atoms with Gasteiger partial charge in [0.2, 0.25) is 5.95 Å². The molecule has 0 aliphatic rings. The number of nitrogens with zero attached hydrogens (tertiary/aromatic N) is 3. The molecule has 4 rings (SSSR count). The van der Waals surface area contributed by atoms with Crippen LogP contribution in [0.3, 0.4) is 0 Å². The van der Waals surface area contributed by atoms with Crippen molar-refractivity contribution in [2.75, 3.05) is 11.5 Å². The minimum absolute atomic E-state index is 0.146. The molecular weight excluding hydrogens is 355 g/mol. The lowest BCUT2D eigenvalue weighted by molar-refractivity contribution is 0.600. The molecule has 0 saturated heterocycles. The van der Waals surface area contributed by atoms with Gasteiger partial charge in [-0.3, -0.25) is 5.10 Å².